The SMILES string of the molecule is CCN1CCN(c2ncc(C(=O)NCc3cccs3)c(C)n2)CC1. The summed E-state index contributed by atoms with van der Waals surface area (Å²) in [6.07, 6.45) is 1.65. The molecule has 1 amide bonds. The van der Waals surface area contributed by atoms with Gasteiger partial charge in [0.1, 0.15) is 0 Å². The van der Waals surface area contributed by atoms with Gasteiger partial charge in [0.15, 0.2) is 0 Å². The van der Waals surface area contributed by atoms with Crippen LogP contribution in [0.2, 0.25) is 0 Å². The lowest BCUT2D eigenvalue weighted by atomic mass is 10.2. The lowest BCUT2D eigenvalue weighted by molar-refractivity contribution is 0.0950. The van der Waals surface area contributed by atoms with Crippen molar-refractivity contribution < 1.29 is 4.79 Å². The van der Waals surface area contributed by atoms with Gasteiger partial charge in [-0.05, 0) is 24.9 Å². The Kier molecular flexibility index (Phi) is 5.42. The lowest BCUT2D eigenvalue weighted by Gasteiger charge is -2.34. The van der Waals surface area contributed by atoms with Gasteiger partial charge >= 0.3 is 0 Å². The van der Waals surface area contributed by atoms with E-state index >= 15 is 0 Å². The summed E-state index contributed by atoms with van der Waals surface area (Å²) >= 11 is 1.63. The summed E-state index contributed by atoms with van der Waals surface area (Å²) in [4.78, 5) is 27.0. The van der Waals surface area contributed by atoms with E-state index in [0.29, 0.717) is 12.1 Å². The molecule has 0 saturated carbocycles. The third kappa shape index (κ3) is 3.91. The van der Waals surface area contributed by atoms with Crippen LogP contribution in [0.15, 0.2) is 23.7 Å². The molecule has 1 aliphatic heterocycles. The average molecular weight is 345 g/mol. The maximum Gasteiger partial charge on any atom is 0.254 e. The second kappa shape index (κ2) is 7.72. The van der Waals surface area contributed by atoms with Crippen LogP contribution in [0.1, 0.15) is 27.9 Å². The number of hydrogen-bond acceptors (Lipinski definition) is 6. The zero-order valence-corrected chi connectivity index (χ0v) is 15.0. The van der Waals surface area contributed by atoms with Crippen molar-refractivity contribution in [2.75, 3.05) is 37.6 Å². The van der Waals surface area contributed by atoms with Gasteiger partial charge in [-0.1, -0.05) is 13.0 Å². The number of carbonyl (C=O) groups is 1. The lowest BCUT2D eigenvalue weighted by Crippen LogP contribution is -2.46. The summed E-state index contributed by atoms with van der Waals surface area (Å²) < 4.78 is 0. The van der Waals surface area contributed by atoms with Crippen LogP contribution in [0.3, 0.4) is 0 Å². The number of nitrogens with zero attached hydrogens (tertiary/aromatic N) is 4. The van der Waals surface area contributed by atoms with Crippen molar-refractivity contribution >= 4 is 23.2 Å². The molecular weight excluding hydrogens is 322 g/mol. The van der Waals surface area contributed by atoms with E-state index in [1.807, 2.05) is 24.4 Å². The summed E-state index contributed by atoms with van der Waals surface area (Å²) in [5.74, 6) is 0.598. The van der Waals surface area contributed by atoms with Crippen LogP contribution in [-0.2, 0) is 6.54 Å². The van der Waals surface area contributed by atoms with Crippen LogP contribution >= 0.6 is 11.3 Å². The van der Waals surface area contributed by atoms with E-state index in [-0.39, 0.29) is 5.91 Å². The Labute approximate surface area is 146 Å². The number of aryl methyl sites for hydroxylation is 1. The van der Waals surface area contributed by atoms with E-state index in [1.165, 1.54) is 0 Å². The van der Waals surface area contributed by atoms with Gasteiger partial charge in [0.05, 0.1) is 17.8 Å². The average Bonchev–Trinajstić information content (AvgIpc) is 3.13. The van der Waals surface area contributed by atoms with Crippen LogP contribution in [0.25, 0.3) is 0 Å². The molecular formula is C17H23N5OS. The fraction of sp³-hybridized carbons (Fsp3) is 0.471. The molecule has 7 heteroatoms. The fourth-order valence-corrected chi connectivity index (χ4v) is 3.41. The number of rotatable bonds is 5. The van der Waals surface area contributed by atoms with Crippen LogP contribution in [0, 0.1) is 6.92 Å². The van der Waals surface area contributed by atoms with Gasteiger partial charge in [-0.15, -0.1) is 11.3 Å². The first kappa shape index (κ1) is 16.9. The monoisotopic (exact) mass is 345 g/mol. The second-order valence-electron chi connectivity index (χ2n) is 5.85. The number of amides is 1. The maximum atomic E-state index is 12.3. The van der Waals surface area contributed by atoms with E-state index in [1.54, 1.807) is 17.5 Å². The molecule has 2 aromatic rings. The van der Waals surface area contributed by atoms with Crippen molar-refractivity contribution in [1.82, 2.24) is 20.2 Å². The molecule has 0 aromatic carbocycles. The molecule has 1 N–H and O–H groups in total. The number of aromatic nitrogens is 2. The largest absolute Gasteiger partial charge is 0.347 e. The van der Waals surface area contributed by atoms with Crippen molar-refractivity contribution in [3.63, 3.8) is 0 Å². The summed E-state index contributed by atoms with van der Waals surface area (Å²) in [6, 6.07) is 3.99. The fourth-order valence-electron chi connectivity index (χ4n) is 2.77. The Morgan fingerprint density at radius 3 is 2.75 bits per heavy atom. The number of piperazine rings is 1. The molecule has 1 saturated heterocycles. The van der Waals surface area contributed by atoms with E-state index in [0.717, 1.165) is 49.2 Å². The van der Waals surface area contributed by atoms with Gasteiger partial charge in [0, 0.05) is 37.3 Å². The van der Waals surface area contributed by atoms with Crippen LogP contribution in [0.5, 0.6) is 0 Å². The second-order valence-corrected chi connectivity index (χ2v) is 6.88. The summed E-state index contributed by atoms with van der Waals surface area (Å²) in [5, 5.41) is 4.93. The Balaban J connectivity index is 1.63. The smallest absolute Gasteiger partial charge is 0.254 e. The number of likely N-dealkylation sites (N-methyl/N-ethyl adjacent to an activating group) is 1. The van der Waals surface area contributed by atoms with Gasteiger partial charge < -0.3 is 15.1 Å². The molecule has 24 heavy (non-hydrogen) atoms. The molecule has 1 fully saturated rings. The Morgan fingerprint density at radius 2 is 2.12 bits per heavy atom. The molecule has 2 aromatic heterocycles. The topological polar surface area (TPSA) is 61.4 Å². The molecule has 3 rings (SSSR count). The van der Waals surface area contributed by atoms with Crippen LogP contribution < -0.4 is 10.2 Å². The molecule has 0 radical (unpaired) electrons. The third-order valence-electron chi connectivity index (χ3n) is 4.32. The first-order chi connectivity index (χ1) is 11.7. The predicted molar refractivity (Wildman–Crippen MR) is 96.6 cm³/mol. The number of anilines is 1. The zero-order valence-electron chi connectivity index (χ0n) is 14.2. The van der Waals surface area contributed by atoms with Crippen molar-refractivity contribution in [1.29, 1.82) is 0 Å². The van der Waals surface area contributed by atoms with Crippen LogP contribution in [0.4, 0.5) is 5.95 Å². The van der Waals surface area contributed by atoms with Crippen molar-refractivity contribution in [2.24, 2.45) is 0 Å². The normalized spacial score (nSPS) is 15.5. The first-order valence-corrected chi connectivity index (χ1v) is 9.17. The van der Waals surface area contributed by atoms with Crippen molar-refractivity contribution in [3.8, 4) is 0 Å². The van der Waals surface area contributed by atoms with Gasteiger partial charge in [-0.2, -0.15) is 0 Å². The van der Waals surface area contributed by atoms with Crippen molar-refractivity contribution in [3.05, 3.63) is 39.8 Å². The van der Waals surface area contributed by atoms with E-state index in [4.69, 9.17) is 0 Å². The first-order valence-electron chi connectivity index (χ1n) is 8.29. The van der Waals surface area contributed by atoms with Gasteiger partial charge in [-0.25, -0.2) is 9.97 Å². The highest BCUT2D eigenvalue weighted by molar-refractivity contribution is 7.09. The maximum absolute atomic E-state index is 12.3. The minimum atomic E-state index is -0.122. The highest BCUT2D eigenvalue weighted by Crippen LogP contribution is 2.14. The summed E-state index contributed by atoms with van der Waals surface area (Å²) in [7, 11) is 0. The molecule has 0 bridgehead atoms. The zero-order chi connectivity index (χ0) is 16.9. The van der Waals surface area contributed by atoms with Gasteiger partial charge in [0.2, 0.25) is 5.95 Å². The van der Waals surface area contributed by atoms with E-state index in [2.05, 4.69) is 32.0 Å². The van der Waals surface area contributed by atoms with Gasteiger partial charge in [-0.3, -0.25) is 4.79 Å². The Hall–Kier alpha value is -1.99. The molecule has 3 heterocycles. The molecule has 6 nitrogen and oxygen atoms in total. The highest BCUT2D eigenvalue weighted by Gasteiger charge is 2.19. The molecule has 128 valence electrons. The van der Waals surface area contributed by atoms with Gasteiger partial charge in [0.25, 0.3) is 5.91 Å². The third-order valence-corrected chi connectivity index (χ3v) is 5.19. The highest BCUT2D eigenvalue weighted by atomic mass is 32.1. The molecule has 0 aliphatic carbocycles. The minimum absolute atomic E-state index is 0.122. The molecule has 0 unspecified atom stereocenters. The number of hydrogen-bond donors (Lipinski definition) is 1. The van der Waals surface area contributed by atoms with E-state index in [9.17, 15) is 4.79 Å². The quantitative estimate of drug-likeness (QED) is 0.897. The Bertz CT molecular complexity index is 680. The number of nitrogens with one attached hydrogen (secondary N) is 1. The number of thiophene rings is 1. The van der Waals surface area contributed by atoms with Crippen LogP contribution in [-0.4, -0.2) is 53.5 Å². The van der Waals surface area contributed by atoms with E-state index < -0.39 is 0 Å². The molecule has 1 aliphatic rings. The summed E-state index contributed by atoms with van der Waals surface area (Å²) in [6.45, 7) is 9.58. The van der Waals surface area contributed by atoms with Crippen molar-refractivity contribution in [2.45, 2.75) is 20.4 Å². The Morgan fingerprint density at radius 1 is 1.33 bits per heavy atom. The number of carbonyl (C=O) groups excluding carboxylic acids is 1. The molecule has 0 spiro atoms. The standard InChI is InChI=1S/C17H23N5OS/c1-3-21-6-8-22(9-7-21)17-19-12-15(13(2)20-17)16(23)18-11-14-5-4-10-24-14/h4-5,10,12H,3,6-9,11H2,1-2H3,(H,18,23). The predicted octanol–water partition coefficient (Wildman–Crippen LogP) is 1.92. The molecule has 0 atom stereocenters. The minimum Gasteiger partial charge on any atom is -0.347 e. The summed E-state index contributed by atoms with van der Waals surface area (Å²) in [5.41, 5.74) is 1.27.